The number of methoxy groups -OCH3 is 1. The number of nitrogens with zero attached hydrogens (tertiary/aromatic N) is 4. The lowest BCUT2D eigenvalue weighted by atomic mass is 10.4. The summed E-state index contributed by atoms with van der Waals surface area (Å²) in [5, 5.41) is 3.62. The van der Waals surface area contributed by atoms with Gasteiger partial charge in [0.2, 0.25) is 0 Å². The third-order valence-corrected chi connectivity index (χ3v) is 6.38. The van der Waals surface area contributed by atoms with Gasteiger partial charge in [0.05, 0.1) is 31.3 Å². The van der Waals surface area contributed by atoms with E-state index in [9.17, 15) is 4.79 Å². The molecule has 2 saturated heterocycles. The Bertz CT molecular complexity index is 881. The fourth-order valence-electron chi connectivity index (χ4n) is 3.81. The normalized spacial score (nSPS) is 17.1. The van der Waals surface area contributed by atoms with Crippen LogP contribution in [0.15, 0.2) is 27.8 Å². The molecule has 0 bridgehead atoms. The van der Waals surface area contributed by atoms with E-state index in [1.165, 1.54) is 24.6 Å². The van der Waals surface area contributed by atoms with E-state index in [2.05, 4.69) is 20.1 Å². The van der Waals surface area contributed by atoms with Crippen LogP contribution >= 0.6 is 11.8 Å². The highest BCUT2D eigenvalue weighted by Crippen LogP contribution is 2.25. The molecule has 174 valence electrons. The summed E-state index contributed by atoms with van der Waals surface area (Å²) < 4.78 is 16.4. The lowest BCUT2D eigenvalue weighted by Gasteiger charge is -2.26. The molecule has 10 heteroatoms. The van der Waals surface area contributed by atoms with Crippen LogP contribution in [-0.4, -0.2) is 80.4 Å². The molecule has 2 aliphatic rings. The van der Waals surface area contributed by atoms with Crippen molar-refractivity contribution in [1.82, 2.24) is 20.2 Å². The number of morpholine rings is 1. The molecule has 32 heavy (non-hydrogen) atoms. The number of aromatic nitrogens is 2. The van der Waals surface area contributed by atoms with Crippen LogP contribution in [0.2, 0.25) is 0 Å². The van der Waals surface area contributed by atoms with Crippen LogP contribution in [0.5, 0.6) is 0 Å². The van der Waals surface area contributed by atoms with Crippen LogP contribution in [0.25, 0.3) is 0 Å². The van der Waals surface area contributed by atoms with Crippen LogP contribution in [0.1, 0.15) is 34.9 Å². The van der Waals surface area contributed by atoms with Gasteiger partial charge >= 0.3 is 0 Å². The minimum Gasteiger partial charge on any atom is -0.455 e. The van der Waals surface area contributed by atoms with Gasteiger partial charge in [0.1, 0.15) is 11.6 Å². The summed E-state index contributed by atoms with van der Waals surface area (Å²) in [6.07, 6.45) is 2.38. The number of thioether (sulfide) groups is 1. The summed E-state index contributed by atoms with van der Waals surface area (Å²) in [6, 6.07) is 5.56. The van der Waals surface area contributed by atoms with E-state index >= 15 is 0 Å². The highest BCUT2D eigenvalue weighted by atomic mass is 32.2. The van der Waals surface area contributed by atoms with E-state index in [-0.39, 0.29) is 5.91 Å². The molecule has 9 nitrogen and oxygen atoms in total. The molecule has 2 fully saturated rings. The van der Waals surface area contributed by atoms with Crippen LogP contribution < -0.4 is 10.2 Å². The molecule has 2 aromatic heterocycles. The maximum Gasteiger partial charge on any atom is 0.287 e. The quantitative estimate of drug-likeness (QED) is 0.422. The summed E-state index contributed by atoms with van der Waals surface area (Å²) in [6.45, 7) is 7.22. The van der Waals surface area contributed by atoms with E-state index in [1.807, 2.05) is 12.1 Å². The molecule has 0 atom stereocenters. The summed E-state index contributed by atoms with van der Waals surface area (Å²) >= 11 is 1.50. The molecule has 0 radical (unpaired) electrons. The molecule has 0 saturated carbocycles. The maximum absolute atomic E-state index is 12.4. The third-order valence-electron chi connectivity index (χ3n) is 5.51. The molecule has 2 aromatic rings. The van der Waals surface area contributed by atoms with E-state index in [1.54, 1.807) is 13.2 Å². The van der Waals surface area contributed by atoms with Crippen molar-refractivity contribution in [2.75, 3.05) is 64.5 Å². The zero-order valence-corrected chi connectivity index (χ0v) is 19.4. The smallest absolute Gasteiger partial charge is 0.287 e. The molecule has 0 unspecified atom stereocenters. The van der Waals surface area contributed by atoms with Crippen molar-refractivity contribution in [2.24, 2.45) is 0 Å². The third kappa shape index (κ3) is 6.44. The number of hydrogen-bond donors (Lipinski definition) is 1. The Kier molecular flexibility index (Phi) is 8.38. The first-order valence-electron chi connectivity index (χ1n) is 11.1. The predicted octanol–water partition coefficient (Wildman–Crippen LogP) is 2.17. The predicted molar refractivity (Wildman–Crippen MR) is 122 cm³/mol. The van der Waals surface area contributed by atoms with Gasteiger partial charge in [-0.1, -0.05) is 11.8 Å². The Morgan fingerprint density at radius 2 is 2.00 bits per heavy atom. The van der Waals surface area contributed by atoms with Crippen molar-refractivity contribution in [1.29, 1.82) is 0 Å². The Labute approximate surface area is 192 Å². The van der Waals surface area contributed by atoms with Crippen molar-refractivity contribution >= 4 is 23.5 Å². The fraction of sp³-hybridized carbons (Fsp3) is 0.591. The highest BCUT2D eigenvalue weighted by molar-refractivity contribution is 7.98. The van der Waals surface area contributed by atoms with Gasteiger partial charge in [-0.3, -0.25) is 9.69 Å². The van der Waals surface area contributed by atoms with Gasteiger partial charge < -0.3 is 24.1 Å². The van der Waals surface area contributed by atoms with Crippen LogP contribution in [-0.2, 0) is 21.8 Å². The number of furan rings is 1. The number of anilines is 1. The van der Waals surface area contributed by atoms with Gasteiger partial charge in [-0.25, -0.2) is 9.97 Å². The number of amides is 1. The first kappa shape index (κ1) is 23.0. The number of hydrogen-bond acceptors (Lipinski definition) is 9. The van der Waals surface area contributed by atoms with Crippen molar-refractivity contribution in [2.45, 2.75) is 30.4 Å². The topological polar surface area (TPSA) is 93.0 Å². The Morgan fingerprint density at radius 1 is 1.19 bits per heavy atom. The minimum atomic E-state index is -0.191. The van der Waals surface area contributed by atoms with Gasteiger partial charge in [-0.2, -0.15) is 0 Å². The molecular formula is C22H31N5O4S. The monoisotopic (exact) mass is 461 g/mol. The number of rotatable bonds is 10. The van der Waals surface area contributed by atoms with Crippen LogP contribution in [0.4, 0.5) is 5.82 Å². The SMILES string of the molecule is COCc1cc(N2CCCC2)nc(SCc2ccc(C(=O)NCCN3CCOCC3)o2)n1. The minimum absolute atomic E-state index is 0.191. The Hall–Kier alpha value is -2.14. The number of nitrogens with one attached hydrogen (secondary N) is 1. The average molecular weight is 462 g/mol. The molecule has 4 rings (SSSR count). The second kappa shape index (κ2) is 11.6. The number of carbonyl (C=O) groups excluding carboxylic acids is 1. The standard InChI is InChI=1S/C22H31N5O4S/c1-29-15-17-14-20(27-7-2-3-8-27)25-22(24-17)32-16-18-4-5-19(31-18)21(28)23-6-9-26-10-12-30-13-11-26/h4-5,14H,2-3,6-13,15-16H2,1H3,(H,23,28). The molecule has 0 aromatic carbocycles. The van der Waals surface area contributed by atoms with Gasteiger partial charge in [0.15, 0.2) is 10.9 Å². The van der Waals surface area contributed by atoms with E-state index < -0.39 is 0 Å². The van der Waals surface area contributed by atoms with Crippen molar-refractivity contribution in [3.63, 3.8) is 0 Å². The Morgan fingerprint density at radius 3 is 2.78 bits per heavy atom. The number of ether oxygens (including phenoxy) is 2. The van der Waals surface area contributed by atoms with Crippen molar-refractivity contribution in [3.05, 3.63) is 35.4 Å². The lowest BCUT2D eigenvalue weighted by Crippen LogP contribution is -2.41. The first-order chi connectivity index (χ1) is 15.7. The molecule has 0 spiro atoms. The molecule has 2 aliphatic heterocycles. The van der Waals surface area contributed by atoms with Crippen LogP contribution in [0, 0.1) is 0 Å². The zero-order chi connectivity index (χ0) is 22.2. The van der Waals surface area contributed by atoms with E-state index in [4.69, 9.17) is 18.9 Å². The van der Waals surface area contributed by atoms with E-state index in [0.29, 0.717) is 29.8 Å². The summed E-state index contributed by atoms with van der Waals surface area (Å²) in [5.74, 6) is 2.36. The summed E-state index contributed by atoms with van der Waals surface area (Å²) in [4.78, 5) is 26.3. The van der Waals surface area contributed by atoms with Gasteiger partial charge in [0.25, 0.3) is 5.91 Å². The van der Waals surface area contributed by atoms with Crippen molar-refractivity contribution < 1.29 is 18.7 Å². The second-order valence-electron chi connectivity index (χ2n) is 7.89. The molecule has 1 amide bonds. The summed E-state index contributed by atoms with van der Waals surface area (Å²) in [7, 11) is 1.67. The van der Waals surface area contributed by atoms with Crippen LogP contribution in [0.3, 0.4) is 0 Å². The second-order valence-corrected chi connectivity index (χ2v) is 8.83. The van der Waals surface area contributed by atoms with Gasteiger partial charge in [-0.05, 0) is 25.0 Å². The van der Waals surface area contributed by atoms with Gasteiger partial charge in [0, 0.05) is 52.4 Å². The molecule has 1 N–H and O–H groups in total. The first-order valence-corrected chi connectivity index (χ1v) is 12.1. The zero-order valence-electron chi connectivity index (χ0n) is 18.5. The Balaban J connectivity index is 1.29. The molecular weight excluding hydrogens is 430 g/mol. The average Bonchev–Trinajstić information content (AvgIpc) is 3.51. The fourth-order valence-corrected chi connectivity index (χ4v) is 4.57. The number of carbonyl (C=O) groups is 1. The van der Waals surface area contributed by atoms with Crippen molar-refractivity contribution in [3.8, 4) is 0 Å². The lowest BCUT2D eigenvalue weighted by molar-refractivity contribution is 0.0382. The largest absolute Gasteiger partial charge is 0.455 e. The highest BCUT2D eigenvalue weighted by Gasteiger charge is 2.17. The molecule has 0 aliphatic carbocycles. The maximum atomic E-state index is 12.4. The van der Waals surface area contributed by atoms with Gasteiger partial charge in [-0.15, -0.1) is 0 Å². The molecule has 4 heterocycles. The summed E-state index contributed by atoms with van der Waals surface area (Å²) in [5.41, 5.74) is 0.867. The van der Waals surface area contributed by atoms with E-state index in [0.717, 1.165) is 63.2 Å².